The monoisotopic (exact) mass is 369 g/mol. The molecule has 0 unspecified atom stereocenters. The van der Waals surface area contributed by atoms with Crippen molar-refractivity contribution >= 4 is 57.2 Å². The van der Waals surface area contributed by atoms with Crippen molar-refractivity contribution in [1.29, 1.82) is 0 Å². The lowest BCUT2D eigenvalue weighted by atomic mass is 10.4. The van der Waals surface area contributed by atoms with Crippen LogP contribution in [0.3, 0.4) is 0 Å². The van der Waals surface area contributed by atoms with Crippen LogP contribution < -0.4 is 5.32 Å². The Morgan fingerprint density at radius 1 is 1.36 bits per heavy atom. The van der Waals surface area contributed by atoms with Gasteiger partial charge in [0.1, 0.15) is 0 Å². The van der Waals surface area contributed by atoms with Crippen molar-refractivity contribution in [1.82, 2.24) is 10.2 Å². The summed E-state index contributed by atoms with van der Waals surface area (Å²) in [5.74, 6) is 0.814. The first-order chi connectivity index (χ1) is 10.7. The van der Waals surface area contributed by atoms with E-state index in [1.807, 2.05) is 17.7 Å². The van der Waals surface area contributed by atoms with Gasteiger partial charge in [-0.3, -0.25) is 10.1 Å². The number of anilines is 1. The fourth-order valence-electron chi connectivity index (χ4n) is 1.56. The minimum Gasteiger partial charge on any atom is -0.445 e. The molecular weight excluding hydrogens is 358 g/mol. The topological polar surface area (TPSA) is 68.0 Å². The normalized spacial score (nSPS) is 10.8. The van der Waals surface area contributed by atoms with E-state index in [0.717, 1.165) is 10.1 Å². The van der Waals surface area contributed by atoms with Gasteiger partial charge in [0.2, 0.25) is 5.13 Å². The lowest BCUT2D eigenvalue weighted by Gasteiger charge is -1.96. The fraction of sp³-hybridized carbons (Fsp3) is 0.154. The summed E-state index contributed by atoms with van der Waals surface area (Å²) in [6, 6.07) is 7.52. The maximum absolute atomic E-state index is 12.0. The second-order valence-corrected chi connectivity index (χ2v) is 8.06. The molecule has 3 heterocycles. The Labute approximate surface area is 143 Å². The van der Waals surface area contributed by atoms with Crippen LogP contribution in [0.2, 0.25) is 0 Å². The molecule has 0 aliphatic carbocycles. The molecule has 0 saturated carbocycles. The predicted octanol–water partition coefficient (Wildman–Crippen LogP) is 4.46. The maximum Gasteiger partial charge on any atom is 0.293 e. The average Bonchev–Trinajstić information content (AvgIpc) is 3.26. The number of carbonyl (C=O) groups excluding carboxylic acids is 1. The number of hydrogen-bond acceptors (Lipinski definition) is 8. The van der Waals surface area contributed by atoms with Crippen molar-refractivity contribution in [3.05, 3.63) is 40.3 Å². The van der Waals surface area contributed by atoms with E-state index in [1.165, 1.54) is 28.0 Å². The van der Waals surface area contributed by atoms with E-state index in [2.05, 4.69) is 21.6 Å². The van der Waals surface area contributed by atoms with Gasteiger partial charge in [-0.25, -0.2) is 0 Å². The number of furan rings is 1. The molecule has 1 N–H and O–H groups in total. The highest BCUT2D eigenvalue weighted by molar-refractivity contribution is 8.00. The smallest absolute Gasteiger partial charge is 0.293 e. The summed E-state index contributed by atoms with van der Waals surface area (Å²) in [6.07, 6.45) is 1.89. The second kappa shape index (κ2) is 7.32. The van der Waals surface area contributed by atoms with Gasteiger partial charge in [-0.05, 0) is 29.8 Å². The third-order valence-corrected chi connectivity index (χ3v) is 6.25. The van der Waals surface area contributed by atoms with Gasteiger partial charge >= 0.3 is 0 Å². The molecule has 0 aliphatic heterocycles. The molecule has 3 aromatic rings. The Morgan fingerprint density at radius 3 is 3.00 bits per heavy atom. The van der Waals surface area contributed by atoms with Crippen LogP contribution in [-0.4, -0.2) is 22.4 Å². The van der Waals surface area contributed by atoms with Crippen molar-refractivity contribution in [3.8, 4) is 0 Å². The number of nitrogens with one attached hydrogen (secondary N) is 1. The number of hydrogen-bond donors (Lipinski definition) is 1. The zero-order valence-corrected chi connectivity index (χ0v) is 14.7. The van der Waals surface area contributed by atoms with Crippen LogP contribution in [0.4, 0.5) is 5.13 Å². The largest absolute Gasteiger partial charge is 0.445 e. The van der Waals surface area contributed by atoms with Gasteiger partial charge in [0.25, 0.3) is 5.91 Å². The summed E-state index contributed by atoms with van der Waals surface area (Å²) in [5, 5.41) is 14.0. The molecule has 0 aliphatic rings. The van der Waals surface area contributed by atoms with Crippen molar-refractivity contribution in [2.45, 2.75) is 15.2 Å². The molecule has 3 aromatic heterocycles. The third-order valence-electron chi connectivity index (χ3n) is 2.55. The van der Waals surface area contributed by atoms with Crippen molar-refractivity contribution in [3.63, 3.8) is 0 Å². The Balaban J connectivity index is 1.57. The lowest BCUT2D eigenvalue weighted by Crippen LogP contribution is -2.10. The van der Waals surface area contributed by atoms with E-state index < -0.39 is 0 Å². The van der Waals surface area contributed by atoms with Crippen LogP contribution in [0.15, 0.2) is 43.5 Å². The Morgan fingerprint density at radius 2 is 2.27 bits per heavy atom. The van der Waals surface area contributed by atoms with Gasteiger partial charge in [0.15, 0.2) is 15.2 Å². The van der Waals surface area contributed by atoms with Gasteiger partial charge in [0, 0.05) is 10.6 Å². The highest BCUT2D eigenvalue weighted by Crippen LogP contribution is 2.29. The quantitative estimate of drug-likeness (QED) is 0.511. The van der Waals surface area contributed by atoms with Crippen molar-refractivity contribution in [2.75, 3.05) is 11.6 Å². The first-order valence-electron chi connectivity index (χ1n) is 6.18. The van der Waals surface area contributed by atoms with Crippen LogP contribution in [0, 0.1) is 0 Å². The molecule has 1 amide bonds. The first kappa shape index (κ1) is 15.6. The molecule has 0 aromatic carbocycles. The molecule has 0 saturated heterocycles. The molecule has 0 spiro atoms. The number of amides is 1. The standard InChI is InChI=1S/C13H11N3O2S4/c1-19-10-5-4-9(18-10)11(17)14-12-15-16-13(22-12)21-7-8-3-2-6-20-8/h2-6H,7H2,1H3,(H,14,15,17). The lowest BCUT2D eigenvalue weighted by molar-refractivity contribution is 0.0992. The molecule has 114 valence electrons. The van der Waals surface area contributed by atoms with Crippen molar-refractivity contribution < 1.29 is 9.21 Å². The summed E-state index contributed by atoms with van der Waals surface area (Å²) in [5.41, 5.74) is 0. The molecule has 5 nitrogen and oxygen atoms in total. The minimum atomic E-state index is -0.314. The van der Waals surface area contributed by atoms with E-state index in [9.17, 15) is 4.79 Å². The van der Waals surface area contributed by atoms with Crippen LogP contribution in [0.25, 0.3) is 0 Å². The van der Waals surface area contributed by atoms with E-state index in [1.54, 1.807) is 35.2 Å². The zero-order valence-electron chi connectivity index (χ0n) is 11.4. The molecule has 22 heavy (non-hydrogen) atoms. The Kier molecular flexibility index (Phi) is 5.19. The summed E-state index contributed by atoms with van der Waals surface area (Å²) >= 11 is 6.12. The van der Waals surface area contributed by atoms with E-state index in [4.69, 9.17) is 4.42 Å². The highest BCUT2D eigenvalue weighted by Gasteiger charge is 2.14. The number of nitrogens with zero attached hydrogens (tertiary/aromatic N) is 2. The molecule has 3 rings (SSSR count). The predicted molar refractivity (Wildman–Crippen MR) is 92.2 cm³/mol. The molecule has 0 radical (unpaired) electrons. The van der Waals surface area contributed by atoms with Gasteiger partial charge in [-0.1, -0.05) is 40.9 Å². The first-order valence-corrected chi connectivity index (χ1v) is 10.1. The van der Waals surface area contributed by atoms with Gasteiger partial charge < -0.3 is 4.42 Å². The van der Waals surface area contributed by atoms with Crippen LogP contribution >= 0.6 is 46.2 Å². The summed E-state index contributed by atoms with van der Waals surface area (Å²) in [6.45, 7) is 0. The number of rotatable bonds is 6. The molecule has 9 heteroatoms. The van der Waals surface area contributed by atoms with E-state index >= 15 is 0 Å². The van der Waals surface area contributed by atoms with E-state index in [0.29, 0.717) is 10.2 Å². The van der Waals surface area contributed by atoms with Crippen LogP contribution in [-0.2, 0) is 5.75 Å². The minimum absolute atomic E-state index is 0.271. The number of thiophene rings is 1. The third kappa shape index (κ3) is 3.92. The van der Waals surface area contributed by atoms with Crippen LogP contribution in [0.5, 0.6) is 0 Å². The fourth-order valence-corrected chi connectivity index (χ4v) is 4.45. The maximum atomic E-state index is 12.0. The molecule has 0 bridgehead atoms. The summed E-state index contributed by atoms with van der Waals surface area (Å²) < 4.78 is 6.20. The molecular formula is C13H11N3O2S4. The summed E-state index contributed by atoms with van der Waals surface area (Å²) in [4.78, 5) is 13.3. The Bertz CT molecular complexity index is 751. The number of aromatic nitrogens is 2. The number of carbonyl (C=O) groups is 1. The van der Waals surface area contributed by atoms with Gasteiger partial charge in [0.05, 0.1) is 0 Å². The zero-order chi connectivity index (χ0) is 15.4. The van der Waals surface area contributed by atoms with Gasteiger partial charge in [-0.15, -0.1) is 21.5 Å². The van der Waals surface area contributed by atoms with E-state index in [-0.39, 0.29) is 11.7 Å². The summed E-state index contributed by atoms with van der Waals surface area (Å²) in [7, 11) is 0. The average molecular weight is 370 g/mol. The molecule has 0 atom stereocenters. The van der Waals surface area contributed by atoms with Crippen molar-refractivity contribution in [2.24, 2.45) is 0 Å². The second-order valence-electron chi connectivity index (χ2n) is 4.02. The van der Waals surface area contributed by atoms with Gasteiger partial charge in [-0.2, -0.15) is 0 Å². The van der Waals surface area contributed by atoms with Crippen LogP contribution in [0.1, 0.15) is 15.4 Å². The SMILES string of the molecule is CSc1ccc(C(=O)Nc2nnc(SCc3cccs3)s2)o1. The number of thioether (sulfide) groups is 2. The Hall–Kier alpha value is -1.29. The highest BCUT2D eigenvalue weighted by atomic mass is 32.2. The molecule has 0 fully saturated rings.